The number of halogens is 2. The Morgan fingerprint density at radius 3 is 2.58 bits per heavy atom. The van der Waals surface area contributed by atoms with Gasteiger partial charge in [0.2, 0.25) is 0 Å². The van der Waals surface area contributed by atoms with Crippen LogP contribution in [-0.4, -0.2) is 42.3 Å². The molecule has 1 atom stereocenters. The standard InChI is InChI=1S/C27H25F2NO2S/c28-20-7-5-18(6-8-20)21(31)11-14-30-15-12-27(13-16-30)25(29)10-9-24-26(27)22(32)17-19-3-1-2-4-23(19)33-24/h1-10,25H,11-17H2. The number of thioether (sulfide) groups is 1. The van der Waals surface area contributed by atoms with Gasteiger partial charge >= 0.3 is 0 Å². The number of hydrogen-bond acceptors (Lipinski definition) is 4. The third kappa shape index (κ3) is 4.22. The third-order valence-corrected chi connectivity index (χ3v) is 8.26. The molecule has 0 radical (unpaired) electrons. The molecule has 1 unspecified atom stereocenters. The quantitative estimate of drug-likeness (QED) is 0.554. The Morgan fingerprint density at radius 1 is 1.09 bits per heavy atom. The first-order valence-corrected chi connectivity index (χ1v) is 12.1. The molecule has 0 amide bonds. The average molecular weight is 466 g/mol. The van der Waals surface area contributed by atoms with Gasteiger partial charge in [0.25, 0.3) is 0 Å². The molecule has 0 N–H and O–H groups in total. The normalized spacial score (nSPS) is 22.1. The SMILES string of the molecule is O=C1Cc2ccccc2SC2=C1C1(CCN(CCC(=O)c3ccc(F)cc3)CC1)C(F)C=C2. The van der Waals surface area contributed by atoms with Gasteiger partial charge in [-0.1, -0.05) is 30.0 Å². The van der Waals surface area contributed by atoms with E-state index in [2.05, 4.69) is 4.90 Å². The Bertz CT molecular complexity index is 1150. The minimum atomic E-state index is -1.19. The number of piperidine rings is 1. The molecule has 0 saturated carbocycles. The zero-order chi connectivity index (χ0) is 23.0. The number of ketones is 2. The van der Waals surface area contributed by atoms with E-state index in [0.717, 1.165) is 15.4 Å². The summed E-state index contributed by atoms with van der Waals surface area (Å²) in [4.78, 5) is 29.9. The highest BCUT2D eigenvalue weighted by Crippen LogP contribution is 2.52. The molecular weight excluding hydrogens is 440 g/mol. The highest BCUT2D eigenvalue weighted by molar-refractivity contribution is 8.03. The van der Waals surface area contributed by atoms with Crippen LogP contribution in [0, 0.1) is 11.2 Å². The number of alkyl halides is 1. The van der Waals surface area contributed by atoms with Gasteiger partial charge in [-0.25, -0.2) is 8.78 Å². The molecule has 2 heterocycles. The van der Waals surface area contributed by atoms with Crippen molar-refractivity contribution in [3.63, 3.8) is 0 Å². The summed E-state index contributed by atoms with van der Waals surface area (Å²) in [5.41, 5.74) is 1.35. The van der Waals surface area contributed by atoms with E-state index in [1.807, 2.05) is 24.3 Å². The lowest BCUT2D eigenvalue weighted by Crippen LogP contribution is -2.48. The van der Waals surface area contributed by atoms with E-state index in [1.54, 1.807) is 23.9 Å². The van der Waals surface area contributed by atoms with Crippen molar-refractivity contribution in [3.05, 3.63) is 88.1 Å². The summed E-state index contributed by atoms with van der Waals surface area (Å²) in [6.07, 6.45) is 3.93. The van der Waals surface area contributed by atoms with Gasteiger partial charge in [0.1, 0.15) is 12.0 Å². The number of hydrogen-bond donors (Lipinski definition) is 0. The predicted octanol–water partition coefficient (Wildman–Crippen LogP) is 5.56. The summed E-state index contributed by atoms with van der Waals surface area (Å²) in [6.45, 7) is 1.83. The predicted molar refractivity (Wildman–Crippen MR) is 126 cm³/mol. The summed E-state index contributed by atoms with van der Waals surface area (Å²) < 4.78 is 28.5. The molecule has 1 saturated heterocycles. The van der Waals surface area contributed by atoms with E-state index < -0.39 is 11.6 Å². The summed E-state index contributed by atoms with van der Waals surface area (Å²) in [5, 5.41) is 0. The topological polar surface area (TPSA) is 37.4 Å². The minimum Gasteiger partial charge on any atom is -0.303 e. The molecule has 0 aromatic heterocycles. The van der Waals surface area contributed by atoms with Crippen LogP contribution in [0.25, 0.3) is 0 Å². The first kappa shape index (κ1) is 22.2. The maximum Gasteiger partial charge on any atom is 0.165 e. The van der Waals surface area contributed by atoms with Gasteiger partial charge < -0.3 is 4.90 Å². The highest BCUT2D eigenvalue weighted by Gasteiger charge is 2.49. The van der Waals surface area contributed by atoms with Gasteiger partial charge in [0.05, 0.1) is 0 Å². The van der Waals surface area contributed by atoms with Crippen molar-refractivity contribution >= 4 is 23.3 Å². The largest absolute Gasteiger partial charge is 0.303 e. The van der Waals surface area contributed by atoms with Crippen molar-refractivity contribution in [1.82, 2.24) is 4.90 Å². The van der Waals surface area contributed by atoms with Crippen molar-refractivity contribution < 1.29 is 18.4 Å². The van der Waals surface area contributed by atoms with Gasteiger partial charge in [-0.3, -0.25) is 9.59 Å². The van der Waals surface area contributed by atoms with Crippen LogP contribution < -0.4 is 0 Å². The second kappa shape index (κ2) is 8.99. The van der Waals surface area contributed by atoms with Crippen molar-refractivity contribution in [3.8, 4) is 0 Å². The lowest BCUT2D eigenvalue weighted by atomic mass is 9.65. The average Bonchev–Trinajstić information content (AvgIpc) is 2.97. The number of nitrogens with zero attached hydrogens (tertiary/aromatic N) is 1. The molecular formula is C27H25F2NO2S. The van der Waals surface area contributed by atoms with Crippen LogP contribution in [0.5, 0.6) is 0 Å². The second-order valence-corrected chi connectivity index (χ2v) is 10.1. The van der Waals surface area contributed by atoms with Crippen LogP contribution in [0.3, 0.4) is 0 Å². The maximum absolute atomic E-state index is 15.4. The first-order valence-electron chi connectivity index (χ1n) is 11.3. The summed E-state index contributed by atoms with van der Waals surface area (Å²) in [5.74, 6) is -0.370. The van der Waals surface area contributed by atoms with Gasteiger partial charge in [-0.05, 0) is 74.0 Å². The lowest BCUT2D eigenvalue weighted by molar-refractivity contribution is -0.117. The van der Waals surface area contributed by atoms with Crippen LogP contribution in [0.15, 0.2) is 76.1 Å². The van der Waals surface area contributed by atoms with Gasteiger partial charge in [0.15, 0.2) is 11.6 Å². The molecule has 1 spiro atoms. The van der Waals surface area contributed by atoms with Crippen molar-refractivity contribution in [1.29, 1.82) is 0 Å². The Labute approximate surface area is 196 Å². The molecule has 170 valence electrons. The van der Waals surface area contributed by atoms with Crippen molar-refractivity contribution in [2.24, 2.45) is 5.41 Å². The molecule has 0 bridgehead atoms. The number of allylic oxidation sites excluding steroid dienone is 3. The zero-order valence-corrected chi connectivity index (χ0v) is 19.0. The minimum absolute atomic E-state index is 0.0226. The number of carbonyl (C=O) groups is 2. The fourth-order valence-corrected chi connectivity index (χ4v) is 6.41. The molecule has 1 fully saturated rings. The van der Waals surface area contributed by atoms with E-state index in [-0.39, 0.29) is 17.4 Å². The maximum atomic E-state index is 15.4. The van der Waals surface area contributed by atoms with Crippen LogP contribution in [-0.2, 0) is 11.2 Å². The number of likely N-dealkylation sites (tertiary alicyclic amines) is 1. The van der Waals surface area contributed by atoms with Crippen LogP contribution in [0.2, 0.25) is 0 Å². The third-order valence-electron chi connectivity index (χ3n) is 7.08. The summed E-state index contributed by atoms with van der Waals surface area (Å²) >= 11 is 1.57. The smallest absolute Gasteiger partial charge is 0.165 e. The van der Waals surface area contributed by atoms with E-state index in [1.165, 1.54) is 24.3 Å². The molecule has 2 aliphatic heterocycles. The van der Waals surface area contributed by atoms with E-state index in [9.17, 15) is 14.0 Å². The van der Waals surface area contributed by atoms with Crippen molar-refractivity contribution in [2.75, 3.05) is 19.6 Å². The molecule has 1 aliphatic carbocycles. The van der Waals surface area contributed by atoms with Crippen molar-refractivity contribution in [2.45, 2.75) is 36.8 Å². The fraction of sp³-hybridized carbons (Fsp3) is 0.333. The van der Waals surface area contributed by atoms with E-state index in [4.69, 9.17) is 0 Å². The fourth-order valence-electron chi connectivity index (χ4n) is 5.19. The number of benzene rings is 2. The second-order valence-electron chi connectivity index (χ2n) is 8.99. The number of rotatable bonds is 4. The highest BCUT2D eigenvalue weighted by atomic mass is 32.2. The van der Waals surface area contributed by atoms with Gasteiger partial charge in [-0.2, -0.15) is 0 Å². The van der Waals surface area contributed by atoms with E-state index in [0.29, 0.717) is 56.5 Å². The molecule has 2 aromatic carbocycles. The molecule has 33 heavy (non-hydrogen) atoms. The summed E-state index contributed by atoms with van der Waals surface area (Å²) in [6, 6.07) is 13.5. The summed E-state index contributed by atoms with van der Waals surface area (Å²) in [7, 11) is 0. The van der Waals surface area contributed by atoms with Gasteiger partial charge in [-0.15, -0.1) is 0 Å². The Kier molecular flexibility index (Phi) is 6.06. The Morgan fingerprint density at radius 2 is 1.82 bits per heavy atom. The number of Topliss-reactive ketones (excluding diaryl/α,β-unsaturated/α-hetero) is 2. The van der Waals surface area contributed by atoms with Crippen LogP contribution >= 0.6 is 11.8 Å². The molecule has 3 aliphatic rings. The lowest BCUT2D eigenvalue weighted by Gasteiger charge is -2.46. The van der Waals surface area contributed by atoms with Gasteiger partial charge in [0, 0.05) is 45.7 Å². The molecule has 3 nitrogen and oxygen atoms in total. The first-order chi connectivity index (χ1) is 16.0. The number of fused-ring (bicyclic) bond motifs is 2. The monoisotopic (exact) mass is 465 g/mol. The number of carbonyl (C=O) groups excluding carboxylic acids is 2. The Hall–Kier alpha value is -2.57. The zero-order valence-electron chi connectivity index (χ0n) is 18.2. The van der Waals surface area contributed by atoms with Crippen LogP contribution in [0.4, 0.5) is 8.78 Å². The molecule has 2 aromatic rings. The Balaban J connectivity index is 1.29. The molecule has 5 rings (SSSR count). The molecule has 6 heteroatoms. The van der Waals surface area contributed by atoms with Crippen LogP contribution in [0.1, 0.15) is 35.2 Å². The van der Waals surface area contributed by atoms with E-state index >= 15 is 4.39 Å².